The van der Waals surface area contributed by atoms with Crippen LogP contribution < -0.4 is 0 Å². The number of benzene rings is 2. The standard InChI is InChI=1S/C16H10FNO/c17-14-5-6-15(13(8-14)10-19)12-7-11-3-1-2-4-16(11)18-9-12/h1-10H. The normalized spacial score (nSPS) is 10.6. The van der Waals surface area contributed by atoms with Crippen LogP contribution >= 0.6 is 0 Å². The van der Waals surface area contributed by atoms with E-state index in [2.05, 4.69) is 4.98 Å². The average Bonchev–Trinajstić information content (AvgIpc) is 2.46. The number of pyridine rings is 1. The van der Waals surface area contributed by atoms with Crippen molar-refractivity contribution < 1.29 is 9.18 Å². The summed E-state index contributed by atoms with van der Waals surface area (Å²) in [6, 6.07) is 13.9. The van der Waals surface area contributed by atoms with Crippen molar-refractivity contribution in [2.45, 2.75) is 0 Å². The van der Waals surface area contributed by atoms with Gasteiger partial charge in [0.1, 0.15) is 5.82 Å². The first-order valence-electron chi connectivity index (χ1n) is 5.88. The van der Waals surface area contributed by atoms with Crippen LogP contribution in [0.25, 0.3) is 22.0 Å². The monoisotopic (exact) mass is 251 g/mol. The van der Waals surface area contributed by atoms with Crippen LogP contribution in [0.3, 0.4) is 0 Å². The molecule has 0 bridgehead atoms. The lowest BCUT2D eigenvalue weighted by Crippen LogP contribution is -1.90. The molecule has 1 aromatic heterocycles. The van der Waals surface area contributed by atoms with Crippen LogP contribution in [0.1, 0.15) is 10.4 Å². The minimum atomic E-state index is -0.417. The zero-order valence-corrected chi connectivity index (χ0v) is 10.0. The Morgan fingerprint density at radius 1 is 1.05 bits per heavy atom. The van der Waals surface area contributed by atoms with E-state index in [1.54, 1.807) is 12.3 Å². The van der Waals surface area contributed by atoms with Crippen molar-refractivity contribution in [2.24, 2.45) is 0 Å². The Morgan fingerprint density at radius 2 is 1.89 bits per heavy atom. The third-order valence-electron chi connectivity index (χ3n) is 3.04. The fraction of sp³-hybridized carbons (Fsp3) is 0. The van der Waals surface area contributed by atoms with E-state index in [0.29, 0.717) is 17.4 Å². The van der Waals surface area contributed by atoms with Gasteiger partial charge in [-0.1, -0.05) is 24.3 Å². The summed E-state index contributed by atoms with van der Waals surface area (Å²) in [5.41, 5.74) is 2.72. The molecule has 1 heterocycles. The quantitative estimate of drug-likeness (QED) is 0.647. The minimum absolute atomic E-state index is 0.331. The number of fused-ring (bicyclic) bond motifs is 1. The first-order valence-corrected chi connectivity index (χ1v) is 5.88. The molecular formula is C16H10FNO. The summed E-state index contributed by atoms with van der Waals surface area (Å²) in [4.78, 5) is 15.4. The smallest absolute Gasteiger partial charge is 0.150 e. The second-order valence-corrected chi connectivity index (χ2v) is 4.27. The summed E-state index contributed by atoms with van der Waals surface area (Å²) in [7, 11) is 0. The van der Waals surface area contributed by atoms with Crippen LogP contribution in [0.4, 0.5) is 4.39 Å². The summed E-state index contributed by atoms with van der Waals surface area (Å²) >= 11 is 0. The number of hydrogen-bond donors (Lipinski definition) is 0. The van der Waals surface area contributed by atoms with Gasteiger partial charge in [0.25, 0.3) is 0 Å². The minimum Gasteiger partial charge on any atom is -0.298 e. The Morgan fingerprint density at radius 3 is 2.74 bits per heavy atom. The number of carbonyl (C=O) groups is 1. The van der Waals surface area contributed by atoms with E-state index >= 15 is 0 Å². The summed E-state index contributed by atoms with van der Waals surface area (Å²) in [5.74, 6) is -0.417. The molecule has 0 atom stereocenters. The molecule has 3 aromatic rings. The molecule has 92 valence electrons. The van der Waals surface area contributed by atoms with Crippen LogP contribution in [0, 0.1) is 5.82 Å². The number of halogens is 1. The molecule has 0 saturated heterocycles. The molecule has 0 N–H and O–H groups in total. The molecule has 0 radical (unpaired) electrons. The topological polar surface area (TPSA) is 30.0 Å². The maximum atomic E-state index is 13.1. The van der Waals surface area contributed by atoms with Gasteiger partial charge in [-0.25, -0.2) is 4.39 Å². The van der Waals surface area contributed by atoms with E-state index in [-0.39, 0.29) is 0 Å². The number of nitrogens with zero attached hydrogens (tertiary/aromatic N) is 1. The molecule has 2 nitrogen and oxygen atoms in total. The number of rotatable bonds is 2. The van der Waals surface area contributed by atoms with Gasteiger partial charge < -0.3 is 0 Å². The van der Waals surface area contributed by atoms with Crippen LogP contribution in [0.5, 0.6) is 0 Å². The van der Waals surface area contributed by atoms with Gasteiger partial charge in [-0.3, -0.25) is 9.78 Å². The van der Waals surface area contributed by atoms with E-state index < -0.39 is 5.82 Å². The fourth-order valence-corrected chi connectivity index (χ4v) is 2.11. The molecule has 2 aromatic carbocycles. The first kappa shape index (κ1) is 11.5. The SMILES string of the molecule is O=Cc1cc(F)ccc1-c1cnc2ccccc2c1. The maximum absolute atomic E-state index is 13.1. The van der Waals surface area contributed by atoms with E-state index in [9.17, 15) is 9.18 Å². The van der Waals surface area contributed by atoms with Crippen molar-refractivity contribution in [3.05, 3.63) is 66.1 Å². The molecule has 0 fully saturated rings. The molecule has 19 heavy (non-hydrogen) atoms. The zero-order valence-electron chi connectivity index (χ0n) is 10.0. The Labute approximate surface area is 109 Å². The van der Waals surface area contributed by atoms with E-state index in [4.69, 9.17) is 0 Å². The molecule has 3 heteroatoms. The van der Waals surface area contributed by atoms with Crippen molar-refractivity contribution in [3.8, 4) is 11.1 Å². The van der Waals surface area contributed by atoms with Gasteiger partial charge >= 0.3 is 0 Å². The predicted octanol–water partition coefficient (Wildman–Crippen LogP) is 3.85. The average molecular weight is 251 g/mol. The van der Waals surface area contributed by atoms with Crippen LogP contribution in [-0.4, -0.2) is 11.3 Å². The van der Waals surface area contributed by atoms with Crippen molar-refractivity contribution in [1.29, 1.82) is 0 Å². The summed E-state index contributed by atoms with van der Waals surface area (Å²) in [5, 5.41) is 0.987. The van der Waals surface area contributed by atoms with Gasteiger partial charge in [0, 0.05) is 22.7 Å². The number of carbonyl (C=O) groups excluding carboxylic acids is 1. The van der Waals surface area contributed by atoms with Crippen LogP contribution in [0.15, 0.2) is 54.7 Å². The van der Waals surface area contributed by atoms with Crippen LogP contribution in [0.2, 0.25) is 0 Å². The molecule has 0 saturated carbocycles. The lowest BCUT2D eigenvalue weighted by atomic mass is 10.0. The second-order valence-electron chi connectivity index (χ2n) is 4.27. The largest absolute Gasteiger partial charge is 0.298 e. The van der Waals surface area contributed by atoms with Crippen molar-refractivity contribution in [3.63, 3.8) is 0 Å². The molecule has 0 aliphatic heterocycles. The summed E-state index contributed by atoms with van der Waals surface area (Å²) < 4.78 is 13.1. The number of hydrogen-bond acceptors (Lipinski definition) is 2. The van der Waals surface area contributed by atoms with Gasteiger partial charge in [-0.2, -0.15) is 0 Å². The first-order chi connectivity index (χ1) is 9.28. The Kier molecular flexibility index (Phi) is 2.80. The molecule has 0 aliphatic rings. The zero-order chi connectivity index (χ0) is 13.2. The number of aldehydes is 1. The molecule has 0 aliphatic carbocycles. The van der Waals surface area contributed by atoms with E-state index in [1.165, 1.54) is 12.1 Å². The van der Waals surface area contributed by atoms with Gasteiger partial charge in [0.2, 0.25) is 0 Å². The van der Waals surface area contributed by atoms with Crippen LogP contribution in [-0.2, 0) is 0 Å². The molecule has 0 unspecified atom stereocenters. The maximum Gasteiger partial charge on any atom is 0.150 e. The Hall–Kier alpha value is -2.55. The molecule has 0 amide bonds. The lowest BCUT2D eigenvalue weighted by molar-refractivity contribution is 0.112. The molecular weight excluding hydrogens is 241 g/mol. The van der Waals surface area contributed by atoms with Crippen molar-refractivity contribution >= 4 is 17.2 Å². The van der Waals surface area contributed by atoms with Gasteiger partial charge in [-0.15, -0.1) is 0 Å². The third-order valence-corrected chi connectivity index (χ3v) is 3.04. The number of para-hydroxylation sites is 1. The lowest BCUT2D eigenvalue weighted by Gasteiger charge is -2.06. The second kappa shape index (κ2) is 4.61. The summed E-state index contributed by atoms with van der Waals surface area (Å²) in [6.07, 6.45) is 2.36. The van der Waals surface area contributed by atoms with Crippen molar-refractivity contribution in [2.75, 3.05) is 0 Å². The molecule has 3 rings (SSSR count). The van der Waals surface area contributed by atoms with Crippen molar-refractivity contribution in [1.82, 2.24) is 4.98 Å². The third kappa shape index (κ3) is 2.10. The van der Waals surface area contributed by atoms with Gasteiger partial charge in [0.05, 0.1) is 5.52 Å². The summed E-state index contributed by atoms with van der Waals surface area (Å²) in [6.45, 7) is 0. The van der Waals surface area contributed by atoms with Gasteiger partial charge in [-0.05, 0) is 29.8 Å². The molecule has 0 spiro atoms. The highest BCUT2D eigenvalue weighted by atomic mass is 19.1. The Bertz CT molecular complexity index is 768. The van der Waals surface area contributed by atoms with Gasteiger partial charge in [0.15, 0.2) is 6.29 Å². The highest BCUT2D eigenvalue weighted by Crippen LogP contribution is 2.25. The Balaban J connectivity index is 2.21. The highest BCUT2D eigenvalue weighted by molar-refractivity contribution is 5.90. The highest BCUT2D eigenvalue weighted by Gasteiger charge is 2.07. The predicted molar refractivity (Wildman–Crippen MR) is 72.5 cm³/mol. The fourth-order valence-electron chi connectivity index (χ4n) is 2.11. The van der Waals surface area contributed by atoms with E-state index in [0.717, 1.165) is 16.5 Å². The van der Waals surface area contributed by atoms with E-state index in [1.807, 2.05) is 30.3 Å². The number of aromatic nitrogens is 1.